The molecule has 0 radical (unpaired) electrons. The zero-order chi connectivity index (χ0) is 15.3. The lowest BCUT2D eigenvalue weighted by molar-refractivity contribution is -0.125. The summed E-state index contributed by atoms with van der Waals surface area (Å²) in [6.07, 6.45) is 2.36. The number of ether oxygens (including phenoxy) is 1. The minimum Gasteiger partial charge on any atom is -0.465 e. The molecule has 0 unspecified atom stereocenters. The fourth-order valence-electron chi connectivity index (χ4n) is 1.92. The lowest BCUT2D eigenvalue weighted by Crippen LogP contribution is -2.49. The van der Waals surface area contributed by atoms with E-state index in [1.54, 1.807) is 32.9 Å². The first kappa shape index (κ1) is 16.0. The number of hydrogen-bond acceptors (Lipinski definition) is 4. The van der Waals surface area contributed by atoms with Crippen molar-refractivity contribution in [3.05, 3.63) is 12.2 Å². The Morgan fingerprint density at radius 1 is 1.20 bits per heavy atom. The molecule has 3 N–H and O–H groups in total. The summed E-state index contributed by atoms with van der Waals surface area (Å²) in [6, 6.07) is -0.542. The molecule has 1 rings (SSSR count). The number of carbonyl (C=O) groups is 3. The summed E-state index contributed by atoms with van der Waals surface area (Å²) in [5, 5.41) is 13.2. The average Bonchev–Trinajstić information content (AvgIpc) is 2.25. The van der Waals surface area contributed by atoms with Gasteiger partial charge >= 0.3 is 12.2 Å². The van der Waals surface area contributed by atoms with E-state index in [1.807, 2.05) is 0 Å². The lowest BCUT2D eigenvalue weighted by Gasteiger charge is -2.27. The van der Waals surface area contributed by atoms with E-state index in [-0.39, 0.29) is 0 Å². The third-order valence-corrected chi connectivity index (χ3v) is 2.70. The molecule has 0 aliphatic heterocycles. The molecule has 0 aromatic carbocycles. The predicted molar refractivity (Wildman–Crippen MR) is 71.2 cm³/mol. The van der Waals surface area contributed by atoms with Gasteiger partial charge < -0.3 is 15.2 Å². The van der Waals surface area contributed by atoms with Gasteiger partial charge in [0.05, 0.1) is 5.92 Å². The fraction of sp³-hybridized carbons (Fsp3) is 0.615. The Hall–Kier alpha value is -2.05. The first-order valence-corrected chi connectivity index (χ1v) is 6.37. The van der Waals surface area contributed by atoms with Crippen LogP contribution in [0.2, 0.25) is 0 Å². The summed E-state index contributed by atoms with van der Waals surface area (Å²) in [6.45, 7) is 5.07. The van der Waals surface area contributed by atoms with Crippen LogP contribution in [0, 0.1) is 5.92 Å². The van der Waals surface area contributed by atoms with Crippen molar-refractivity contribution in [3.63, 3.8) is 0 Å². The quantitative estimate of drug-likeness (QED) is 0.669. The highest BCUT2D eigenvalue weighted by Crippen LogP contribution is 2.19. The Bertz CT molecular complexity index is 425. The van der Waals surface area contributed by atoms with Crippen LogP contribution in [0.15, 0.2) is 12.2 Å². The summed E-state index contributed by atoms with van der Waals surface area (Å²) in [4.78, 5) is 34.2. The Morgan fingerprint density at radius 2 is 1.80 bits per heavy atom. The van der Waals surface area contributed by atoms with E-state index in [9.17, 15) is 14.4 Å². The number of carbonyl (C=O) groups excluding carboxylic acids is 2. The molecule has 0 saturated carbocycles. The van der Waals surface area contributed by atoms with E-state index in [1.165, 1.54) is 0 Å². The highest BCUT2D eigenvalue weighted by molar-refractivity contribution is 5.94. The monoisotopic (exact) mass is 284 g/mol. The van der Waals surface area contributed by atoms with Crippen LogP contribution in [0.5, 0.6) is 0 Å². The standard InChI is InChI=1S/C13H20N2O5/c1-13(2,3)20-12(19)15-10(16)8-6-4-5-7-9(8)14-11(17)18/h4-5,8-9,14H,6-7H2,1-3H3,(H,17,18)(H,15,16,19)/t8-,9+/m0/s1. The van der Waals surface area contributed by atoms with E-state index < -0.39 is 35.7 Å². The van der Waals surface area contributed by atoms with Gasteiger partial charge in [0.1, 0.15) is 5.60 Å². The van der Waals surface area contributed by atoms with Gasteiger partial charge in [-0.15, -0.1) is 0 Å². The third kappa shape index (κ3) is 5.29. The molecule has 2 atom stereocenters. The van der Waals surface area contributed by atoms with Gasteiger partial charge in [0.15, 0.2) is 0 Å². The number of imide groups is 1. The molecule has 1 aliphatic rings. The van der Waals surface area contributed by atoms with Gasteiger partial charge in [0, 0.05) is 6.04 Å². The molecule has 0 aromatic rings. The van der Waals surface area contributed by atoms with Crippen molar-refractivity contribution in [2.45, 2.75) is 45.3 Å². The van der Waals surface area contributed by atoms with Crippen LogP contribution in [0.1, 0.15) is 33.6 Å². The molecule has 0 aromatic heterocycles. The first-order valence-electron chi connectivity index (χ1n) is 6.37. The topological polar surface area (TPSA) is 105 Å². The molecule has 112 valence electrons. The summed E-state index contributed by atoms with van der Waals surface area (Å²) < 4.78 is 4.99. The molecule has 0 saturated heterocycles. The summed E-state index contributed by atoms with van der Waals surface area (Å²) in [5.74, 6) is -1.16. The van der Waals surface area contributed by atoms with Crippen LogP contribution < -0.4 is 10.6 Å². The number of carboxylic acid groups (broad SMARTS) is 1. The molecule has 0 spiro atoms. The van der Waals surface area contributed by atoms with Gasteiger partial charge in [0.2, 0.25) is 5.91 Å². The normalized spacial score (nSPS) is 21.9. The van der Waals surface area contributed by atoms with E-state index >= 15 is 0 Å². The fourth-order valence-corrected chi connectivity index (χ4v) is 1.92. The number of rotatable bonds is 2. The minimum atomic E-state index is -1.19. The highest BCUT2D eigenvalue weighted by Gasteiger charge is 2.31. The van der Waals surface area contributed by atoms with Crippen molar-refractivity contribution >= 4 is 18.1 Å². The van der Waals surface area contributed by atoms with Crippen molar-refractivity contribution in [3.8, 4) is 0 Å². The van der Waals surface area contributed by atoms with Crippen LogP contribution in [-0.2, 0) is 9.53 Å². The lowest BCUT2D eigenvalue weighted by atomic mass is 9.88. The Morgan fingerprint density at radius 3 is 2.35 bits per heavy atom. The van der Waals surface area contributed by atoms with E-state index in [0.717, 1.165) is 0 Å². The molecule has 1 aliphatic carbocycles. The molecule has 0 fully saturated rings. The van der Waals surface area contributed by atoms with E-state index in [0.29, 0.717) is 12.8 Å². The third-order valence-electron chi connectivity index (χ3n) is 2.70. The minimum absolute atomic E-state index is 0.375. The molecule has 20 heavy (non-hydrogen) atoms. The van der Waals surface area contributed by atoms with Crippen molar-refractivity contribution in [2.75, 3.05) is 0 Å². The van der Waals surface area contributed by atoms with E-state index in [2.05, 4.69) is 10.6 Å². The molecular formula is C13H20N2O5. The summed E-state index contributed by atoms with van der Waals surface area (Å²) in [5.41, 5.74) is -0.699. The maximum absolute atomic E-state index is 12.0. The van der Waals surface area contributed by atoms with Gasteiger partial charge in [-0.2, -0.15) is 0 Å². The first-order chi connectivity index (χ1) is 9.19. The van der Waals surface area contributed by atoms with Crippen LogP contribution >= 0.6 is 0 Å². The van der Waals surface area contributed by atoms with Crippen LogP contribution in [0.4, 0.5) is 9.59 Å². The number of alkyl carbamates (subject to hydrolysis) is 1. The van der Waals surface area contributed by atoms with Crippen molar-refractivity contribution in [1.82, 2.24) is 10.6 Å². The van der Waals surface area contributed by atoms with Crippen LogP contribution in [0.25, 0.3) is 0 Å². The number of allylic oxidation sites excluding steroid dienone is 1. The molecule has 0 bridgehead atoms. The van der Waals surface area contributed by atoms with Crippen molar-refractivity contribution in [1.29, 1.82) is 0 Å². The maximum atomic E-state index is 12.0. The second kappa shape index (κ2) is 6.40. The number of hydrogen-bond donors (Lipinski definition) is 3. The molecule has 7 nitrogen and oxygen atoms in total. The van der Waals surface area contributed by atoms with Crippen molar-refractivity contribution < 1.29 is 24.2 Å². The smallest absolute Gasteiger partial charge is 0.414 e. The zero-order valence-corrected chi connectivity index (χ0v) is 11.8. The Labute approximate surface area is 117 Å². The summed E-state index contributed by atoms with van der Waals surface area (Å²) >= 11 is 0. The largest absolute Gasteiger partial charge is 0.465 e. The number of nitrogens with one attached hydrogen (secondary N) is 2. The summed E-state index contributed by atoms with van der Waals surface area (Å²) in [7, 11) is 0. The SMILES string of the molecule is CC(C)(C)OC(=O)NC(=O)[C@H]1CC=CC[C@H]1NC(=O)O. The van der Waals surface area contributed by atoms with Gasteiger partial charge in [0.25, 0.3) is 0 Å². The second-order valence-electron chi connectivity index (χ2n) is 5.60. The van der Waals surface area contributed by atoms with Gasteiger partial charge in [-0.3, -0.25) is 10.1 Å². The molecule has 0 heterocycles. The Kier molecular flexibility index (Phi) is 5.12. The molecule has 3 amide bonds. The highest BCUT2D eigenvalue weighted by atomic mass is 16.6. The van der Waals surface area contributed by atoms with Gasteiger partial charge in [-0.1, -0.05) is 12.2 Å². The Balaban J connectivity index is 2.62. The average molecular weight is 284 g/mol. The predicted octanol–water partition coefficient (Wildman–Crippen LogP) is 1.64. The van der Waals surface area contributed by atoms with Crippen LogP contribution in [0.3, 0.4) is 0 Å². The second-order valence-corrected chi connectivity index (χ2v) is 5.60. The van der Waals surface area contributed by atoms with Crippen LogP contribution in [-0.4, -0.2) is 34.8 Å². The van der Waals surface area contributed by atoms with Crippen molar-refractivity contribution in [2.24, 2.45) is 5.92 Å². The molecular weight excluding hydrogens is 264 g/mol. The number of amides is 3. The van der Waals surface area contributed by atoms with E-state index in [4.69, 9.17) is 9.84 Å². The van der Waals surface area contributed by atoms with Gasteiger partial charge in [-0.25, -0.2) is 9.59 Å². The van der Waals surface area contributed by atoms with Gasteiger partial charge in [-0.05, 0) is 33.6 Å². The maximum Gasteiger partial charge on any atom is 0.414 e. The molecule has 7 heteroatoms. The zero-order valence-electron chi connectivity index (χ0n) is 11.8.